The largest absolute Gasteiger partial charge is 0.148 e. The Morgan fingerprint density at radius 2 is 1.84 bits per heavy atom. The zero-order chi connectivity index (χ0) is 13.7. The topological polar surface area (TPSA) is 0 Å². The van der Waals surface area contributed by atoms with Crippen molar-refractivity contribution >= 4 is 24.0 Å². The number of aryl methyl sites for hydroxylation is 1. The molecule has 0 spiro atoms. The highest BCUT2D eigenvalue weighted by molar-refractivity contribution is 7.84. The molecule has 1 aromatic heterocycles. The molecule has 0 bridgehead atoms. The maximum atomic E-state index is 4.42. The first-order chi connectivity index (χ1) is 9.17. The van der Waals surface area contributed by atoms with Crippen LogP contribution < -0.4 is 0 Å². The third-order valence-electron chi connectivity index (χ3n) is 2.89. The summed E-state index contributed by atoms with van der Waals surface area (Å²) in [7, 11) is 0. The van der Waals surface area contributed by atoms with Gasteiger partial charge >= 0.3 is 0 Å². The van der Waals surface area contributed by atoms with Gasteiger partial charge in [-0.3, -0.25) is 0 Å². The molecule has 0 atom stereocenters. The molecule has 0 unspecified atom stereocenters. The molecule has 98 valence electrons. The van der Waals surface area contributed by atoms with Crippen molar-refractivity contribution in [1.82, 2.24) is 0 Å². The van der Waals surface area contributed by atoms with Crippen molar-refractivity contribution in [1.29, 1.82) is 0 Å². The van der Waals surface area contributed by atoms with E-state index >= 15 is 0 Å². The molecular formula is C17H18S2. The molecule has 0 aliphatic heterocycles. The minimum atomic E-state index is 0.869. The summed E-state index contributed by atoms with van der Waals surface area (Å²) in [6.07, 6.45) is 5.60. The molecule has 19 heavy (non-hydrogen) atoms. The van der Waals surface area contributed by atoms with Crippen molar-refractivity contribution in [2.75, 3.05) is 0 Å². The quantitative estimate of drug-likeness (QED) is 0.567. The van der Waals surface area contributed by atoms with Gasteiger partial charge in [0.05, 0.1) is 0 Å². The molecule has 0 fully saturated rings. The van der Waals surface area contributed by atoms with Crippen molar-refractivity contribution in [3.8, 4) is 0 Å². The molecule has 2 heteroatoms. The lowest BCUT2D eigenvalue weighted by Gasteiger charge is -2.03. The molecule has 0 radical (unpaired) electrons. The molecule has 0 amide bonds. The summed E-state index contributed by atoms with van der Waals surface area (Å²) in [6.45, 7) is 5.83. The molecular weight excluding hydrogens is 268 g/mol. The highest BCUT2D eigenvalue weighted by Crippen LogP contribution is 2.20. The van der Waals surface area contributed by atoms with Crippen LogP contribution in [0, 0.1) is 6.92 Å². The van der Waals surface area contributed by atoms with Gasteiger partial charge in [0, 0.05) is 22.6 Å². The lowest BCUT2D eigenvalue weighted by molar-refractivity contribution is 1.19. The van der Waals surface area contributed by atoms with Gasteiger partial charge in [-0.25, -0.2) is 0 Å². The second-order valence-corrected chi connectivity index (χ2v) is 6.52. The van der Waals surface area contributed by atoms with Crippen molar-refractivity contribution in [2.45, 2.75) is 19.8 Å². The second kappa shape index (κ2) is 6.78. The molecule has 1 aromatic carbocycles. The van der Waals surface area contributed by atoms with Crippen LogP contribution in [0.4, 0.5) is 0 Å². The Bertz CT molecular complexity index is 574. The van der Waals surface area contributed by atoms with Gasteiger partial charge in [-0.2, -0.15) is 0 Å². The summed E-state index contributed by atoms with van der Waals surface area (Å²) >= 11 is 6.29. The van der Waals surface area contributed by atoms with E-state index < -0.39 is 0 Å². The van der Waals surface area contributed by atoms with Gasteiger partial charge in [0.25, 0.3) is 0 Å². The third-order valence-corrected chi connectivity index (χ3v) is 4.20. The van der Waals surface area contributed by atoms with E-state index in [2.05, 4.69) is 62.5 Å². The first-order valence-corrected chi connectivity index (χ1v) is 7.57. The maximum Gasteiger partial charge on any atom is 0.00918 e. The molecule has 0 saturated heterocycles. The number of hydrogen-bond donors (Lipinski definition) is 1. The Balaban J connectivity index is 2.02. The van der Waals surface area contributed by atoms with Crippen LogP contribution >= 0.6 is 24.0 Å². The lowest BCUT2D eigenvalue weighted by Crippen LogP contribution is -1.88. The van der Waals surface area contributed by atoms with E-state index in [1.54, 1.807) is 6.08 Å². The number of benzene rings is 1. The van der Waals surface area contributed by atoms with Crippen LogP contribution in [0.15, 0.2) is 60.0 Å². The van der Waals surface area contributed by atoms with Gasteiger partial charge in [-0.05, 0) is 35.1 Å². The average molecular weight is 286 g/mol. The minimum Gasteiger partial charge on any atom is -0.148 e. The lowest BCUT2D eigenvalue weighted by atomic mass is 10.1. The fourth-order valence-corrected chi connectivity index (χ4v) is 3.17. The molecule has 0 N–H and O–H groups in total. The Labute approximate surface area is 124 Å². The number of hydrogen-bond acceptors (Lipinski definition) is 2. The fourth-order valence-electron chi connectivity index (χ4n) is 1.96. The van der Waals surface area contributed by atoms with Crippen LogP contribution in [-0.4, -0.2) is 0 Å². The van der Waals surface area contributed by atoms with Crippen LogP contribution in [-0.2, 0) is 12.8 Å². The highest BCUT2D eigenvalue weighted by atomic mass is 32.1. The molecule has 0 aliphatic carbocycles. The summed E-state index contributed by atoms with van der Waals surface area (Å²) in [5, 5.41) is 0. The van der Waals surface area contributed by atoms with Crippen LogP contribution in [0.2, 0.25) is 0 Å². The smallest absolute Gasteiger partial charge is 0.00918 e. The van der Waals surface area contributed by atoms with Crippen LogP contribution in [0.3, 0.4) is 0 Å². The maximum absolute atomic E-state index is 4.42. The van der Waals surface area contributed by atoms with E-state index in [1.807, 2.05) is 17.4 Å². The summed E-state index contributed by atoms with van der Waals surface area (Å²) in [5.74, 6) is 0. The van der Waals surface area contributed by atoms with Crippen LogP contribution in [0.25, 0.3) is 0 Å². The van der Waals surface area contributed by atoms with E-state index in [0.29, 0.717) is 0 Å². The van der Waals surface area contributed by atoms with Crippen molar-refractivity contribution in [2.24, 2.45) is 0 Å². The first-order valence-electron chi connectivity index (χ1n) is 6.31. The Morgan fingerprint density at radius 3 is 2.42 bits per heavy atom. The van der Waals surface area contributed by atoms with Gasteiger partial charge in [-0.1, -0.05) is 43.0 Å². The monoisotopic (exact) mass is 286 g/mol. The van der Waals surface area contributed by atoms with Gasteiger partial charge < -0.3 is 0 Å². The predicted molar refractivity (Wildman–Crippen MR) is 89.3 cm³/mol. The molecule has 0 aliphatic rings. The predicted octanol–water partition coefficient (Wildman–Crippen LogP) is 5.19. The SMILES string of the molecule is C=C/C=C(\S)Cc1ccc(Cc2ccc(C)s2)cc1. The summed E-state index contributed by atoms with van der Waals surface area (Å²) in [5.41, 5.74) is 2.65. The van der Waals surface area contributed by atoms with Gasteiger partial charge in [-0.15, -0.1) is 24.0 Å². The zero-order valence-corrected chi connectivity index (χ0v) is 12.8. The average Bonchev–Trinajstić information content (AvgIpc) is 2.78. The Hall–Kier alpha value is -1.25. The second-order valence-electron chi connectivity index (χ2n) is 4.58. The number of thiol groups is 1. The molecule has 0 nitrogen and oxygen atoms in total. The van der Waals surface area contributed by atoms with E-state index in [-0.39, 0.29) is 0 Å². The molecule has 1 heterocycles. The Morgan fingerprint density at radius 1 is 1.16 bits per heavy atom. The summed E-state index contributed by atoms with van der Waals surface area (Å²) in [6, 6.07) is 13.2. The van der Waals surface area contributed by atoms with E-state index in [4.69, 9.17) is 0 Å². The fraction of sp³-hybridized carbons (Fsp3) is 0.176. The van der Waals surface area contributed by atoms with E-state index in [0.717, 1.165) is 17.7 Å². The standard InChI is InChI=1S/C17H18S2/c1-3-4-16(18)11-14-6-8-15(9-7-14)12-17-10-5-13(2)19-17/h3-10,18H,1,11-12H2,2H3/b16-4-. The van der Waals surface area contributed by atoms with E-state index in [1.165, 1.54) is 20.9 Å². The van der Waals surface area contributed by atoms with Gasteiger partial charge in [0.15, 0.2) is 0 Å². The van der Waals surface area contributed by atoms with Crippen molar-refractivity contribution < 1.29 is 0 Å². The number of rotatable bonds is 5. The van der Waals surface area contributed by atoms with Gasteiger partial charge in [0.2, 0.25) is 0 Å². The van der Waals surface area contributed by atoms with Crippen molar-refractivity contribution in [3.63, 3.8) is 0 Å². The van der Waals surface area contributed by atoms with E-state index in [9.17, 15) is 0 Å². The highest BCUT2D eigenvalue weighted by Gasteiger charge is 2.00. The number of allylic oxidation sites excluding steroid dienone is 3. The first kappa shape index (κ1) is 14.2. The minimum absolute atomic E-state index is 0.869. The van der Waals surface area contributed by atoms with Crippen molar-refractivity contribution in [3.05, 3.63) is 80.9 Å². The zero-order valence-electron chi connectivity index (χ0n) is 11.1. The molecule has 2 rings (SSSR count). The molecule has 0 saturated carbocycles. The Kier molecular flexibility index (Phi) is 5.06. The van der Waals surface area contributed by atoms with Crippen LogP contribution in [0.5, 0.6) is 0 Å². The summed E-state index contributed by atoms with van der Waals surface area (Å²) < 4.78 is 0. The number of thiophene rings is 1. The van der Waals surface area contributed by atoms with Crippen LogP contribution in [0.1, 0.15) is 20.9 Å². The van der Waals surface area contributed by atoms with Gasteiger partial charge in [0.1, 0.15) is 0 Å². The summed E-state index contributed by atoms with van der Waals surface area (Å²) in [4.78, 5) is 3.84. The normalized spacial score (nSPS) is 11.6. The molecule has 2 aromatic rings. The third kappa shape index (κ3) is 4.41.